The van der Waals surface area contributed by atoms with Crippen LogP contribution < -0.4 is 5.32 Å². The summed E-state index contributed by atoms with van der Waals surface area (Å²) in [4.78, 5) is 0. The van der Waals surface area contributed by atoms with Crippen LogP contribution in [0, 0.1) is 18.6 Å². The summed E-state index contributed by atoms with van der Waals surface area (Å²) in [6, 6.07) is 2.53. The molecule has 0 amide bonds. The molecule has 1 unspecified atom stereocenters. The van der Waals surface area contributed by atoms with Crippen LogP contribution in [0.15, 0.2) is 12.1 Å². The van der Waals surface area contributed by atoms with Crippen molar-refractivity contribution in [2.75, 3.05) is 18.1 Å². The highest BCUT2D eigenvalue weighted by atomic mass is 32.2. The van der Waals surface area contributed by atoms with Crippen LogP contribution in [0.3, 0.4) is 0 Å². The highest BCUT2D eigenvalue weighted by Gasteiger charge is 2.19. The Kier molecular flexibility index (Phi) is 3.26. The zero-order valence-electron chi connectivity index (χ0n) is 8.52. The van der Waals surface area contributed by atoms with E-state index in [0.717, 1.165) is 18.1 Å². The molecule has 1 heterocycles. The summed E-state index contributed by atoms with van der Waals surface area (Å²) < 4.78 is 26.9. The predicted octanol–water partition coefficient (Wildman–Crippen LogP) is 2.65. The molecular weight excluding hydrogens is 216 g/mol. The molecule has 1 saturated heterocycles. The Bertz CT molecular complexity index is 362. The van der Waals surface area contributed by atoms with Gasteiger partial charge >= 0.3 is 0 Å². The van der Waals surface area contributed by atoms with Crippen LogP contribution in [0.25, 0.3) is 0 Å². The van der Waals surface area contributed by atoms with E-state index in [1.807, 2.05) is 0 Å². The van der Waals surface area contributed by atoms with E-state index in [2.05, 4.69) is 5.32 Å². The maximum Gasteiger partial charge on any atom is 0.128 e. The van der Waals surface area contributed by atoms with Gasteiger partial charge in [0.15, 0.2) is 0 Å². The van der Waals surface area contributed by atoms with Gasteiger partial charge in [-0.25, -0.2) is 8.78 Å². The maximum absolute atomic E-state index is 13.6. The highest BCUT2D eigenvalue weighted by molar-refractivity contribution is 7.99. The minimum atomic E-state index is -0.330. The molecular formula is C11H13F2NS. The fraction of sp³-hybridized carbons (Fsp3) is 0.455. The molecule has 0 saturated carbocycles. The quantitative estimate of drug-likeness (QED) is 0.794. The Morgan fingerprint density at radius 3 is 2.80 bits per heavy atom. The van der Waals surface area contributed by atoms with Gasteiger partial charge in [-0.1, -0.05) is 0 Å². The van der Waals surface area contributed by atoms with Gasteiger partial charge in [-0.2, -0.15) is 11.8 Å². The Morgan fingerprint density at radius 2 is 2.13 bits per heavy atom. The first kappa shape index (κ1) is 10.9. The van der Waals surface area contributed by atoms with Crippen molar-refractivity contribution < 1.29 is 8.78 Å². The zero-order chi connectivity index (χ0) is 10.8. The van der Waals surface area contributed by atoms with Gasteiger partial charge in [0.2, 0.25) is 0 Å². The van der Waals surface area contributed by atoms with Gasteiger partial charge in [-0.15, -0.1) is 0 Å². The molecule has 1 atom stereocenters. The van der Waals surface area contributed by atoms with Crippen molar-refractivity contribution in [3.05, 3.63) is 34.9 Å². The Hall–Kier alpha value is -0.610. The number of hydrogen-bond acceptors (Lipinski definition) is 2. The van der Waals surface area contributed by atoms with Crippen LogP contribution >= 0.6 is 11.8 Å². The van der Waals surface area contributed by atoms with Crippen LogP contribution in [-0.4, -0.2) is 18.1 Å². The third-order valence-corrected chi connectivity index (χ3v) is 3.64. The Morgan fingerprint density at radius 1 is 1.33 bits per heavy atom. The SMILES string of the molecule is Cc1cc(F)c(C2CSCCN2)cc1F. The van der Waals surface area contributed by atoms with Crippen LogP contribution in [0.2, 0.25) is 0 Å². The normalized spacial score (nSPS) is 21.7. The molecule has 2 rings (SSSR count). The minimum absolute atomic E-state index is 0.0566. The highest BCUT2D eigenvalue weighted by Crippen LogP contribution is 2.25. The van der Waals surface area contributed by atoms with Gasteiger partial charge in [0.25, 0.3) is 0 Å². The largest absolute Gasteiger partial charge is 0.308 e. The van der Waals surface area contributed by atoms with Crippen molar-refractivity contribution in [1.82, 2.24) is 5.32 Å². The third-order valence-electron chi connectivity index (χ3n) is 2.58. The number of hydrogen-bond donors (Lipinski definition) is 1. The zero-order valence-corrected chi connectivity index (χ0v) is 9.33. The van der Waals surface area contributed by atoms with Gasteiger partial charge in [0.05, 0.1) is 0 Å². The lowest BCUT2D eigenvalue weighted by atomic mass is 10.0. The number of benzene rings is 1. The molecule has 1 aromatic rings. The second-order valence-corrected chi connectivity index (χ2v) is 4.85. The molecule has 15 heavy (non-hydrogen) atoms. The Labute approximate surface area is 92.3 Å². The molecule has 1 aliphatic rings. The summed E-state index contributed by atoms with van der Waals surface area (Å²) in [7, 11) is 0. The predicted molar refractivity (Wildman–Crippen MR) is 59.2 cm³/mol. The lowest BCUT2D eigenvalue weighted by molar-refractivity contribution is 0.526. The summed E-state index contributed by atoms with van der Waals surface area (Å²) in [6.45, 7) is 2.43. The summed E-state index contributed by atoms with van der Waals surface area (Å²) >= 11 is 1.76. The van der Waals surface area contributed by atoms with E-state index < -0.39 is 0 Å². The second kappa shape index (κ2) is 4.49. The lowest BCUT2D eigenvalue weighted by Crippen LogP contribution is -2.31. The number of halogens is 2. The molecule has 1 aliphatic heterocycles. The van der Waals surface area contributed by atoms with E-state index in [-0.39, 0.29) is 17.7 Å². The Balaban J connectivity index is 2.30. The van der Waals surface area contributed by atoms with E-state index in [4.69, 9.17) is 0 Å². The van der Waals surface area contributed by atoms with Crippen LogP contribution in [0.5, 0.6) is 0 Å². The van der Waals surface area contributed by atoms with Crippen molar-refractivity contribution >= 4 is 11.8 Å². The third kappa shape index (κ3) is 2.32. The molecule has 1 fully saturated rings. The standard InChI is InChI=1S/C11H13F2NS/c1-7-4-10(13)8(5-9(7)12)11-6-15-3-2-14-11/h4-5,11,14H,2-3,6H2,1H3. The van der Waals surface area contributed by atoms with Gasteiger partial charge in [0.1, 0.15) is 11.6 Å². The monoisotopic (exact) mass is 229 g/mol. The molecule has 4 heteroatoms. The van der Waals surface area contributed by atoms with Gasteiger partial charge < -0.3 is 5.32 Å². The number of thioether (sulfide) groups is 1. The molecule has 0 radical (unpaired) electrons. The van der Waals surface area contributed by atoms with E-state index >= 15 is 0 Å². The number of nitrogens with one attached hydrogen (secondary N) is 1. The van der Waals surface area contributed by atoms with Gasteiger partial charge in [-0.05, 0) is 24.6 Å². The summed E-state index contributed by atoms with van der Waals surface area (Å²) in [5.74, 6) is 1.20. The first-order valence-corrected chi connectivity index (χ1v) is 6.10. The van der Waals surface area contributed by atoms with Crippen LogP contribution in [0.4, 0.5) is 8.78 Å². The lowest BCUT2D eigenvalue weighted by Gasteiger charge is -2.24. The minimum Gasteiger partial charge on any atom is -0.308 e. The number of aryl methyl sites for hydroxylation is 1. The fourth-order valence-electron chi connectivity index (χ4n) is 1.69. The second-order valence-electron chi connectivity index (χ2n) is 3.70. The smallest absolute Gasteiger partial charge is 0.128 e. The fourth-order valence-corrected chi connectivity index (χ4v) is 2.66. The first-order chi connectivity index (χ1) is 7.18. The van der Waals surface area contributed by atoms with Crippen molar-refractivity contribution in [3.63, 3.8) is 0 Å². The maximum atomic E-state index is 13.6. The van der Waals surface area contributed by atoms with E-state index in [9.17, 15) is 8.78 Å². The first-order valence-electron chi connectivity index (χ1n) is 4.95. The summed E-state index contributed by atoms with van der Waals surface area (Å²) in [6.07, 6.45) is 0. The van der Waals surface area contributed by atoms with Crippen molar-refractivity contribution in [1.29, 1.82) is 0 Å². The van der Waals surface area contributed by atoms with Gasteiger partial charge in [0, 0.05) is 29.7 Å². The topological polar surface area (TPSA) is 12.0 Å². The molecule has 82 valence electrons. The molecule has 1 aromatic carbocycles. The van der Waals surface area contributed by atoms with Crippen molar-refractivity contribution in [2.45, 2.75) is 13.0 Å². The molecule has 0 aliphatic carbocycles. The van der Waals surface area contributed by atoms with Crippen molar-refractivity contribution in [2.24, 2.45) is 0 Å². The molecule has 1 nitrogen and oxygen atoms in total. The van der Waals surface area contributed by atoms with Crippen molar-refractivity contribution in [3.8, 4) is 0 Å². The number of rotatable bonds is 1. The van der Waals surface area contributed by atoms with Crippen LogP contribution in [0.1, 0.15) is 17.2 Å². The summed E-state index contributed by atoms with van der Waals surface area (Å²) in [5, 5.41) is 3.20. The van der Waals surface area contributed by atoms with E-state index in [1.165, 1.54) is 12.1 Å². The van der Waals surface area contributed by atoms with Crippen LogP contribution in [-0.2, 0) is 0 Å². The molecule has 0 bridgehead atoms. The molecule has 0 spiro atoms. The molecule has 1 N–H and O–H groups in total. The van der Waals surface area contributed by atoms with Gasteiger partial charge in [-0.3, -0.25) is 0 Å². The average molecular weight is 229 g/mol. The van der Waals surface area contributed by atoms with E-state index in [1.54, 1.807) is 18.7 Å². The average Bonchev–Trinajstić information content (AvgIpc) is 2.25. The summed E-state index contributed by atoms with van der Waals surface area (Å²) in [5.41, 5.74) is 0.810. The molecule has 0 aromatic heterocycles. The van der Waals surface area contributed by atoms with E-state index in [0.29, 0.717) is 11.1 Å².